The maximum Gasteiger partial charge on any atom is 0.335 e. The summed E-state index contributed by atoms with van der Waals surface area (Å²) < 4.78 is 112. The Morgan fingerprint density at radius 1 is 0.941 bits per heavy atom. The van der Waals surface area contributed by atoms with Gasteiger partial charge < -0.3 is 25.5 Å². The lowest BCUT2D eigenvalue weighted by molar-refractivity contribution is -0.165. The maximum atomic E-state index is 10.6. The van der Waals surface area contributed by atoms with Crippen LogP contribution < -0.4 is 0 Å². The first-order valence-corrected chi connectivity index (χ1v) is 9.90. The van der Waals surface area contributed by atoms with Gasteiger partial charge in [0.25, 0.3) is 0 Å². The Bertz CT molecular complexity index is 1310. The van der Waals surface area contributed by atoms with Crippen LogP contribution in [-0.4, -0.2) is 73.2 Å². The van der Waals surface area contributed by atoms with Gasteiger partial charge in [-0.2, -0.15) is 0 Å². The number of aromatic hydroxyl groups is 1. The highest BCUT2D eigenvalue weighted by atomic mass is 16.4. The molecule has 8 heteroatoms. The van der Waals surface area contributed by atoms with Crippen molar-refractivity contribution in [3.05, 3.63) is 65.2 Å². The van der Waals surface area contributed by atoms with Crippen LogP contribution in [0.2, 0.25) is 0 Å². The van der Waals surface area contributed by atoms with Crippen molar-refractivity contribution < 1.29 is 54.3 Å². The van der Waals surface area contributed by atoms with Crippen molar-refractivity contribution in [2.45, 2.75) is 70.9 Å². The lowest BCUT2D eigenvalue weighted by Gasteiger charge is -2.32. The summed E-state index contributed by atoms with van der Waals surface area (Å²) in [5.74, 6) is -4.48. The fourth-order valence-corrected chi connectivity index (χ4v) is 3.00. The molecule has 1 unspecified atom stereocenters. The Labute approximate surface area is 220 Å². The molecule has 8 nitrogen and oxygen atoms in total. The topological polar surface area (TPSA) is 139 Å². The fraction of sp³-hybridized carbons (Fsp3) is 0.462. The van der Waals surface area contributed by atoms with Crippen LogP contribution >= 0.6 is 0 Å². The maximum absolute atomic E-state index is 10.6. The van der Waals surface area contributed by atoms with Crippen molar-refractivity contribution in [1.29, 1.82) is 0 Å². The molecule has 0 spiro atoms. The molecule has 0 fully saturated rings. The number of phenols is 1. The van der Waals surface area contributed by atoms with Crippen LogP contribution in [-0.2, 0) is 9.59 Å². The lowest BCUT2D eigenvalue weighted by Crippen LogP contribution is -2.39. The van der Waals surface area contributed by atoms with E-state index in [-0.39, 0.29) is 17.1 Å². The monoisotopic (exact) mass is 489 g/mol. The van der Waals surface area contributed by atoms with Crippen molar-refractivity contribution in [2.75, 3.05) is 6.54 Å². The van der Waals surface area contributed by atoms with Gasteiger partial charge in [0, 0.05) is 42.7 Å². The van der Waals surface area contributed by atoms with E-state index >= 15 is 0 Å². The normalized spacial score (nSPS) is 22.0. The van der Waals surface area contributed by atoms with Crippen LogP contribution in [0.15, 0.2) is 48.5 Å². The summed E-state index contributed by atoms with van der Waals surface area (Å²) in [6, 6.07) is 5.61. The van der Waals surface area contributed by atoms with Gasteiger partial charge in [-0.1, -0.05) is 48.0 Å². The molecule has 0 amide bonds. The second-order valence-corrected chi connectivity index (χ2v) is 7.23. The zero-order valence-electron chi connectivity index (χ0n) is 32.3. The molecule has 0 aliphatic carbocycles. The van der Waals surface area contributed by atoms with Gasteiger partial charge in [-0.05, 0) is 58.9 Å². The van der Waals surface area contributed by atoms with Crippen LogP contribution in [0.4, 0.5) is 0 Å². The zero-order chi connectivity index (χ0) is 37.8. The minimum atomic E-state index is -3.78. The molecule has 2 aromatic carbocycles. The van der Waals surface area contributed by atoms with Crippen LogP contribution in [0.5, 0.6) is 5.75 Å². The number of benzene rings is 2. The summed E-state index contributed by atoms with van der Waals surface area (Å²) in [4.78, 5) is 19.5. The SMILES string of the molecule is O=C(O)[C@H](O)[C@@H](O)C(=O)O.[2H]C([2H])([2H])C([2H])(N(CCC(c1ccccc1)c1cc(C)ccc1O)C([2H])(C([2H])([2H])[2H])C([2H])([2H])[2H])C([2H])([2H])[2H]. The molecule has 34 heavy (non-hydrogen) atoms. The molecule has 3 atom stereocenters. The average molecular weight is 490 g/mol. The fourth-order valence-electron chi connectivity index (χ4n) is 3.00. The number of nitrogens with zero attached hydrogens (tertiary/aromatic N) is 1. The van der Waals surface area contributed by atoms with E-state index in [1.807, 2.05) is 0 Å². The molecule has 0 heterocycles. The van der Waals surface area contributed by atoms with Gasteiger partial charge in [0.2, 0.25) is 0 Å². The van der Waals surface area contributed by atoms with Gasteiger partial charge >= 0.3 is 11.9 Å². The van der Waals surface area contributed by atoms with Gasteiger partial charge in [0.15, 0.2) is 12.2 Å². The smallest absolute Gasteiger partial charge is 0.335 e. The second-order valence-electron chi connectivity index (χ2n) is 7.23. The number of aliphatic carboxylic acids is 2. The minimum Gasteiger partial charge on any atom is -0.508 e. The van der Waals surface area contributed by atoms with E-state index in [0.29, 0.717) is 11.1 Å². The molecule has 5 N–H and O–H groups in total. The molecule has 0 bridgehead atoms. The third-order valence-corrected chi connectivity index (χ3v) is 4.75. The Morgan fingerprint density at radius 3 is 1.94 bits per heavy atom. The standard InChI is InChI=1S/C22H31NO.C4H6O6/c1-16(2)23(17(3)4)14-13-20(19-9-7-6-8-10-19)21-15-18(5)11-12-22(21)24;5-1(3(7)8)2(6)4(9)10/h6-12,15-17,20,24H,13-14H2,1-5H3;1-2,5-6H,(H,7,8)(H,9,10)/t;1-,2-/m.1/s1/i1D3,2D3,3D3,4D3,16D,17D;. The number of hydrogen-bond donors (Lipinski definition) is 5. The number of rotatable bonds is 10. The first kappa shape index (κ1) is 13.8. The number of phenolic OH excluding ortho intramolecular Hbond substituents is 1. The summed E-state index contributed by atoms with van der Waals surface area (Å²) in [7, 11) is 0. The van der Waals surface area contributed by atoms with Gasteiger partial charge in [-0.3, -0.25) is 4.90 Å². The van der Waals surface area contributed by atoms with E-state index in [4.69, 9.17) is 39.6 Å². The Hall–Kier alpha value is -2.94. The molecule has 2 rings (SSSR count). The molecular formula is C26H37NO7. The number of carboxylic acids is 2. The second kappa shape index (κ2) is 13.7. The summed E-state index contributed by atoms with van der Waals surface area (Å²) in [6.45, 7) is -14.1. The van der Waals surface area contributed by atoms with Crippen LogP contribution in [0.25, 0.3) is 0 Å². The van der Waals surface area contributed by atoms with E-state index in [2.05, 4.69) is 0 Å². The first-order chi connectivity index (χ1) is 21.5. The third-order valence-electron chi connectivity index (χ3n) is 4.75. The van der Waals surface area contributed by atoms with Crippen molar-refractivity contribution in [2.24, 2.45) is 0 Å². The predicted molar refractivity (Wildman–Crippen MR) is 130 cm³/mol. The number of hydrogen-bond acceptors (Lipinski definition) is 6. The van der Waals surface area contributed by atoms with Crippen molar-refractivity contribution in [3.63, 3.8) is 0 Å². The highest BCUT2D eigenvalue weighted by Gasteiger charge is 2.29. The van der Waals surface area contributed by atoms with Crippen LogP contribution in [0.1, 0.15) is 75.6 Å². The Kier molecular flexibility index (Phi) is 5.57. The number of aliphatic hydroxyl groups is 2. The number of aliphatic hydroxyl groups excluding tert-OH is 2. The van der Waals surface area contributed by atoms with E-state index in [0.717, 1.165) is 5.56 Å². The van der Waals surface area contributed by atoms with Gasteiger partial charge in [0.1, 0.15) is 5.75 Å². The van der Waals surface area contributed by atoms with Crippen LogP contribution in [0.3, 0.4) is 0 Å². The lowest BCUT2D eigenvalue weighted by atomic mass is 9.87. The van der Waals surface area contributed by atoms with Crippen LogP contribution in [0, 0.1) is 6.92 Å². The van der Waals surface area contributed by atoms with E-state index < -0.39 is 76.1 Å². The largest absolute Gasteiger partial charge is 0.508 e. The molecule has 188 valence electrons. The predicted octanol–water partition coefficient (Wildman–Crippen LogP) is 3.22. The highest BCUT2D eigenvalue weighted by molar-refractivity contribution is 5.83. The summed E-state index contributed by atoms with van der Waals surface area (Å²) in [5, 5.41) is 43.1. The molecular weight excluding hydrogens is 438 g/mol. The minimum absolute atomic E-state index is 0.0250. The third kappa shape index (κ3) is 8.78. The van der Waals surface area contributed by atoms with Crippen molar-refractivity contribution in [1.82, 2.24) is 4.90 Å². The summed E-state index contributed by atoms with van der Waals surface area (Å²) in [6.07, 6.45) is -4.85. The highest BCUT2D eigenvalue weighted by Crippen LogP contribution is 2.35. The van der Waals surface area contributed by atoms with Crippen molar-refractivity contribution in [3.8, 4) is 5.75 Å². The number of carbonyl (C=O) groups is 2. The van der Waals surface area contributed by atoms with E-state index in [9.17, 15) is 14.7 Å². The quantitative estimate of drug-likeness (QED) is 0.343. The molecule has 0 saturated heterocycles. The van der Waals surface area contributed by atoms with Gasteiger partial charge in [-0.15, -0.1) is 0 Å². The summed E-state index contributed by atoms with van der Waals surface area (Å²) >= 11 is 0. The number of carboxylic acid groups (broad SMARTS) is 2. The number of aryl methyl sites for hydroxylation is 1. The molecule has 2 aromatic rings. The van der Waals surface area contributed by atoms with Gasteiger partial charge in [-0.25, -0.2) is 9.59 Å². The average Bonchev–Trinajstić information content (AvgIpc) is 2.93. The molecule has 0 radical (unpaired) electrons. The molecule has 0 aliphatic heterocycles. The molecule has 0 saturated carbocycles. The Balaban J connectivity index is 0.000000993. The van der Waals surface area contributed by atoms with E-state index in [1.54, 1.807) is 49.4 Å². The van der Waals surface area contributed by atoms with Crippen molar-refractivity contribution >= 4 is 11.9 Å². The molecule has 0 aromatic heterocycles. The first-order valence-electron chi connectivity index (χ1n) is 16.9. The summed E-state index contributed by atoms with van der Waals surface area (Å²) in [5.41, 5.74) is 1.66. The molecule has 0 aliphatic rings. The zero-order valence-corrected chi connectivity index (χ0v) is 18.3. The van der Waals surface area contributed by atoms with Gasteiger partial charge in [0.05, 0.1) is 0 Å². The van der Waals surface area contributed by atoms with E-state index in [1.165, 1.54) is 6.07 Å². The Morgan fingerprint density at radius 2 is 1.47 bits per heavy atom.